The van der Waals surface area contributed by atoms with Crippen molar-refractivity contribution in [2.45, 2.75) is 58.7 Å². The normalized spacial score (nSPS) is 12.5. The number of hydrogen-bond acceptors (Lipinski definition) is 5. The van der Waals surface area contributed by atoms with Crippen molar-refractivity contribution in [3.05, 3.63) is 61.8 Å². The van der Waals surface area contributed by atoms with Crippen molar-refractivity contribution in [1.82, 2.24) is 14.5 Å². The van der Waals surface area contributed by atoms with Gasteiger partial charge in [-0.25, -0.2) is 9.18 Å². The number of halogens is 2. The quantitative estimate of drug-likeness (QED) is 0.342. The van der Waals surface area contributed by atoms with Gasteiger partial charge >= 0.3 is 5.69 Å². The van der Waals surface area contributed by atoms with Crippen molar-refractivity contribution in [1.29, 1.82) is 0 Å². The summed E-state index contributed by atoms with van der Waals surface area (Å²) in [7, 11) is -1.95. The SMILES string of the molecule is CC(C)c1nccc(OCCO[Si](C)(C)C(C)(C)C)c1-n1c(=O)[nH]c(=O)c2cc(F)c(Cl)cc21. The van der Waals surface area contributed by atoms with Crippen LogP contribution in [0.3, 0.4) is 0 Å². The average Bonchev–Trinajstić information content (AvgIpc) is 2.72. The highest BCUT2D eigenvalue weighted by molar-refractivity contribution is 6.74. The number of hydrogen-bond donors (Lipinski definition) is 1. The highest BCUT2D eigenvalue weighted by Gasteiger charge is 2.37. The summed E-state index contributed by atoms with van der Waals surface area (Å²) < 4.78 is 27.7. The zero-order chi connectivity index (χ0) is 25.4. The van der Waals surface area contributed by atoms with E-state index in [9.17, 15) is 14.0 Å². The summed E-state index contributed by atoms with van der Waals surface area (Å²) in [4.78, 5) is 32.1. The van der Waals surface area contributed by atoms with Crippen molar-refractivity contribution < 1.29 is 13.6 Å². The Morgan fingerprint density at radius 3 is 2.50 bits per heavy atom. The molecule has 0 radical (unpaired) electrons. The third-order valence-corrected chi connectivity index (χ3v) is 11.1. The van der Waals surface area contributed by atoms with Crippen LogP contribution >= 0.6 is 11.6 Å². The number of nitrogens with zero attached hydrogens (tertiary/aromatic N) is 2. The van der Waals surface area contributed by atoms with Crippen LogP contribution in [0.1, 0.15) is 46.2 Å². The van der Waals surface area contributed by atoms with Crippen molar-refractivity contribution in [2.75, 3.05) is 13.2 Å². The van der Waals surface area contributed by atoms with Crippen molar-refractivity contribution in [2.24, 2.45) is 0 Å². The summed E-state index contributed by atoms with van der Waals surface area (Å²) in [5.74, 6) is -0.431. The second-order valence-electron chi connectivity index (χ2n) is 10.0. The average molecular weight is 508 g/mol. The molecule has 3 rings (SSSR count). The van der Waals surface area contributed by atoms with E-state index in [4.69, 9.17) is 20.8 Å². The molecule has 2 heterocycles. The van der Waals surface area contributed by atoms with E-state index < -0.39 is 25.4 Å². The fraction of sp³-hybridized carbons (Fsp3) is 0.458. The Bertz CT molecular complexity index is 1330. The van der Waals surface area contributed by atoms with Crippen LogP contribution in [-0.2, 0) is 4.43 Å². The van der Waals surface area contributed by atoms with Gasteiger partial charge < -0.3 is 9.16 Å². The number of ether oxygens (including phenoxy) is 1. The summed E-state index contributed by atoms with van der Waals surface area (Å²) in [6.07, 6.45) is 1.61. The van der Waals surface area contributed by atoms with Gasteiger partial charge in [-0.1, -0.05) is 46.2 Å². The van der Waals surface area contributed by atoms with Crippen molar-refractivity contribution in [3.63, 3.8) is 0 Å². The predicted octanol–water partition coefficient (Wildman–Crippen LogP) is 5.39. The molecule has 1 N–H and O–H groups in total. The Kier molecular flexibility index (Phi) is 7.40. The highest BCUT2D eigenvalue weighted by Crippen LogP contribution is 2.36. The molecule has 0 aliphatic rings. The number of pyridine rings is 1. The van der Waals surface area contributed by atoms with Gasteiger partial charge in [0.1, 0.15) is 23.9 Å². The van der Waals surface area contributed by atoms with Gasteiger partial charge in [0.05, 0.1) is 28.2 Å². The lowest BCUT2D eigenvalue weighted by atomic mass is 10.1. The third kappa shape index (κ3) is 5.11. The van der Waals surface area contributed by atoms with Crippen LogP contribution in [0.15, 0.2) is 34.0 Å². The number of aromatic nitrogens is 3. The summed E-state index contributed by atoms with van der Waals surface area (Å²) in [6, 6.07) is 3.94. The molecule has 3 aromatic rings. The molecule has 0 unspecified atom stereocenters. The second kappa shape index (κ2) is 9.63. The summed E-state index contributed by atoms with van der Waals surface area (Å²) in [5.41, 5.74) is -0.278. The van der Waals surface area contributed by atoms with E-state index in [-0.39, 0.29) is 33.5 Å². The minimum atomic E-state index is -1.95. The van der Waals surface area contributed by atoms with Crippen molar-refractivity contribution >= 4 is 30.8 Å². The van der Waals surface area contributed by atoms with Crippen LogP contribution in [-0.4, -0.2) is 36.1 Å². The van der Waals surface area contributed by atoms with Crippen LogP contribution in [0, 0.1) is 5.82 Å². The largest absolute Gasteiger partial charge is 0.489 e. The lowest BCUT2D eigenvalue weighted by molar-refractivity contribution is 0.203. The molecule has 1 aromatic carbocycles. The first-order valence-electron chi connectivity index (χ1n) is 11.1. The number of rotatable bonds is 7. The minimum absolute atomic E-state index is 0.00716. The highest BCUT2D eigenvalue weighted by atomic mass is 35.5. The maximum Gasteiger partial charge on any atom is 0.333 e. The van der Waals surface area contributed by atoms with Gasteiger partial charge in [-0.05, 0) is 36.2 Å². The van der Waals surface area contributed by atoms with E-state index in [1.165, 1.54) is 10.6 Å². The van der Waals surface area contributed by atoms with Crippen LogP contribution in [0.4, 0.5) is 4.39 Å². The third-order valence-electron chi connectivity index (χ3n) is 6.24. The Balaban J connectivity index is 2.11. The van der Waals surface area contributed by atoms with Crippen LogP contribution in [0.25, 0.3) is 16.6 Å². The van der Waals surface area contributed by atoms with Gasteiger partial charge in [0.25, 0.3) is 5.56 Å². The van der Waals surface area contributed by atoms with Crippen LogP contribution in [0.2, 0.25) is 23.2 Å². The van der Waals surface area contributed by atoms with Gasteiger partial charge in [0.15, 0.2) is 8.32 Å². The molecule has 0 spiro atoms. The minimum Gasteiger partial charge on any atom is -0.489 e. The summed E-state index contributed by atoms with van der Waals surface area (Å²) >= 11 is 6.01. The molecule has 0 atom stereocenters. The topological polar surface area (TPSA) is 86.2 Å². The maximum absolute atomic E-state index is 14.1. The number of aromatic amines is 1. The standard InChI is InChI=1S/C24H31ClFN3O4Si/c1-14(2)20-21(19(8-9-27-20)32-10-11-33-34(6,7)24(3,4)5)29-18-13-16(25)17(26)12-15(18)22(30)28-23(29)31/h8-9,12-14H,10-11H2,1-7H3,(H,28,30,31). The zero-order valence-corrected chi connectivity index (χ0v) is 22.3. The lowest BCUT2D eigenvalue weighted by Gasteiger charge is -2.36. The molecule has 0 saturated carbocycles. The molecule has 7 nitrogen and oxygen atoms in total. The fourth-order valence-corrected chi connectivity index (χ4v) is 4.52. The Morgan fingerprint density at radius 1 is 1.21 bits per heavy atom. The van der Waals surface area contributed by atoms with Crippen molar-refractivity contribution in [3.8, 4) is 11.4 Å². The molecular weight excluding hydrogens is 477 g/mol. The van der Waals surface area contributed by atoms with E-state index in [1.54, 1.807) is 12.3 Å². The van der Waals surface area contributed by atoms with Gasteiger partial charge in [-0.15, -0.1) is 0 Å². The number of H-pyrrole nitrogens is 1. The number of nitrogens with one attached hydrogen (secondary N) is 1. The van der Waals surface area contributed by atoms with E-state index >= 15 is 0 Å². The van der Waals surface area contributed by atoms with Gasteiger partial charge in [0.2, 0.25) is 0 Å². The van der Waals surface area contributed by atoms with Crippen LogP contribution in [0.5, 0.6) is 5.75 Å². The van der Waals surface area contributed by atoms with Gasteiger partial charge in [0, 0.05) is 12.3 Å². The fourth-order valence-electron chi connectivity index (χ4n) is 3.34. The first-order valence-corrected chi connectivity index (χ1v) is 14.4. The molecule has 0 fully saturated rings. The molecule has 2 aromatic heterocycles. The number of fused-ring (bicyclic) bond motifs is 1. The molecule has 0 amide bonds. The summed E-state index contributed by atoms with van der Waals surface area (Å²) in [6.45, 7) is 15.3. The number of benzene rings is 1. The molecular formula is C24H31ClFN3O4Si. The van der Waals surface area contributed by atoms with Gasteiger partial charge in [-0.3, -0.25) is 19.3 Å². The molecule has 34 heavy (non-hydrogen) atoms. The van der Waals surface area contributed by atoms with E-state index in [0.29, 0.717) is 23.7 Å². The lowest BCUT2D eigenvalue weighted by Crippen LogP contribution is -2.41. The monoisotopic (exact) mass is 507 g/mol. The first-order chi connectivity index (χ1) is 15.7. The second-order valence-corrected chi connectivity index (χ2v) is 15.2. The Morgan fingerprint density at radius 2 is 1.88 bits per heavy atom. The van der Waals surface area contributed by atoms with E-state index in [2.05, 4.69) is 43.8 Å². The van der Waals surface area contributed by atoms with Gasteiger partial charge in [-0.2, -0.15) is 0 Å². The van der Waals surface area contributed by atoms with Crippen LogP contribution < -0.4 is 16.0 Å². The van der Waals surface area contributed by atoms with E-state index in [1.807, 2.05) is 13.8 Å². The molecule has 0 bridgehead atoms. The molecule has 184 valence electrons. The molecule has 0 aliphatic carbocycles. The predicted molar refractivity (Wildman–Crippen MR) is 136 cm³/mol. The Hall–Kier alpha value is -2.49. The Labute approximate surface area is 204 Å². The smallest absolute Gasteiger partial charge is 0.333 e. The maximum atomic E-state index is 14.1. The van der Waals surface area contributed by atoms with E-state index in [0.717, 1.165) is 6.07 Å². The molecule has 0 saturated heterocycles. The molecule has 10 heteroatoms. The zero-order valence-electron chi connectivity index (χ0n) is 20.6. The summed E-state index contributed by atoms with van der Waals surface area (Å²) in [5, 5.41) is -0.144. The molecule has 0 aliphatic heterocycles. The first kappa shape index (κ1) is 26.1.